The van der Waals surface area contributed by atoms with E-state index in [4.69, 9.17) is 0 Å². The molecule has 20 heavy (non-hydrogen) atoms. The van der Waals surface area contributed by atoms with Crippen LogP contribution in [0.25, 0.3) is 0 Å². The summed E-state index contributed by atoms with van der Waals surface area (Å²) in [6.45, 7) is 8.36. The van der Waals surface area contributed by atoms with E-state index in [1.165, 1.54) is 22.3 Å². The molecule has 0 bridgehead atoms. The van der Waals surface area contributed by atoms with E-state index in [0.717, 1.165) is 25.7 Å². The number of benzene rings is 2. The second kappa shape index (κ2) is 7.49. The van der Waals surface area contributed by atoms with Crippen LogP contribution in [0.5, 0.6) is 0 Å². The highest BCUT2D eigenvalue weighted by molar-refractivity contribution is 5.28. The molecule has 0 fully saturated rings. The topological polar surface area (TPSA) is 0 Å². The molecule has 0 unspecified atom stereocenters. The van der Waals surface area contributed by atoms with Gasteiger partial charge in [0.15, 0.2) is 0 Å². The molecule has 0 aromatic heterocycles. The van der Waals surface area contributed by atoms with Gasteiger partial charge in [-0.25, -0.2) is 0 Å². The Morgan fingerprint density at radius 3 is 1.30 bits per heavy atom. The lowest BCUT2D eigenvalue weighted by Gasteiger charge is -2.09. The maximum atomic E-state index is 4.18. The van der Waals surface area contributed by atoms with Crippen molar-refractivity contribution in [3.63, 3.8) is 0 Å². The molecule has 0 nitrogen and oxygen atoms in total. The van der Waals surface area contributed by atoms with Gasteiger partial charge in [0.05, 0.1) is 0 Å². The van der Waals surface area contributed by atoms with Gasteiger partial charge in [-0.2, -0.15) is 0 Å². The second-order valence-electron chi connectivity index (χ2n) is 5.18. The first kappa shape index (κ1) is 14.3. The quantitative estimate of drug-likeness (QED) is 0.589. The van der Waals surface area contributed by atoms with Crippen molar-refractivity contribution >= 4 is 0 Å². The third kappa shape index (κ3) is 4.55. The van der Waals surface area contributed by atoms with Crippen molar-refractivity contribution in [3.8, 4) is 0 Å². The van der Waals surface area contributed by atoms with Gasteiger partial charge in [-0.15, -0.1) is 0 Å². The molecule has 0 atom stereocenters. The lowest BCUT2D eigenvalue weighted by Crippen LogP contribution is -1.94. The van der Waals surface area contributed by atoms with Crippen LogP contribution in [0.1, 0.15) is 24.0 Å². The Morgan fingerprint density at radius 1 is 0.600 bits per heavy atom. The van der Waals surface area contributed by atoms with Crippen molar-refractivity contribution in [2.45, 2.75) is 25.7 Å². The third-order valence-corrected chi connectivity index (χ3v) is 3.62. The normalized spacial score (nSPS) is 10.2. The fourth-order valence-electron chi connectivity index (χ4n) is 2.23. The van der Waals surface area contributed by atoms with Gasteiger partial charge in [0.25, 0.3) is 0 Å². The Labute approximate surface area is 122 Å². The molecule has 0 aliphatic heterocycles. The van der Waals surface area contributed by atoms with E-state index < -0.39 is 0 Å². The first-order valence-electron chi connectivity index (χ1n) is 7.19. The largest absolute Gasteiger partial charge is 0.0956 e. The molecule has 0 saturated carbocycles. The molecule has 0 aliphatic rings. The van der Waals surface area contributed by atoms with E-state index in [2.05, 4.69) is 73.8 Å². The van der Waals surface area contributed by atoms with Crippen LogP contribution in [0.15, 0.2) is 85.0 Å². The average molecular weight is 262 g/mol. The van der Waals surface area contributed by atoms with Gasteiger partial charge in [0.1, 0.15) is 0 Å². The fraction of sp³-hybridized carbons (Fsp3) is 0.200. The number of aryl methyl sites for hydroxylation is 2. The molecular weight excluding hydrogens is 240 g/mol. The van der Waals surface area contributed by atoms with Gasteiger partial charge < -0.3 is 0 Å². The maximum Gasteiger partial charge on any atom is -0.0238 e. The van der Waals surface area contributed by atoms with E-state index in [0.29, 0.717) is 0 Å². The molecule has 0 heterocycles. The van der Waals surface area contributed by atoms with Gasteiger partial charge in [0, 0.05) is 0 Å². The van der Waals surface area contributed by atoms with E-state index in [9.17, 15) is 0 Å². The van der Waals surface area contributed by atoms with Crippen LogP contribution in [0.4, 0.5) is 0 Å². The highest BCUT2D eigenvalue weighted by Crippen LogP contribution is 2.18. The highest BCUT2D eigenvalue weighted by Gasteiger charge is 2.02. The molecular formula is C20H22. The van der Waals surface area contributed by atoms with Crippen LogP contribution in [-0.2, 0) is 12.8 Å². The van der Waals surface area contributed by atoms with E-state index in [-0.39, 0.29) is 0 Å². The zero-order valence-corrected chi connectivity index (χ0v) is 12.0. The van der Waals surface area contributed by atoms with E-state index >= 15 is 0 Å². The highest BCUT2D eigenvalue weighted by atomic mass is 14.1. The molecule has 0 saturated heterocycles. The first-order valence-corrected chi connectivity index (χ1v) is 7.19. The summed E-state index contributed by atoms with van der Waals surface area (Å²) in [5.74, 6) is 0. The first-order chi connectivity index (χ1) is 9.75. The fourth-order valence-corrected chi connectivity index (χ4v) is 2.23. The minimum atomic E-state index is 0.998. The standard InChI is InChI=1S/C20H22/c1-17(13-15-19-9-5-3-6-10-19)18(2)14-16-20-11-7-4-8-12-20/h3-12H,1-2,13-16H2. The third-order valence-electron chi connectivity index (χ3n) is 3.62. The predicted octanol–water partition coefficient (Wildman–Crippen LogP) is 5.36. The van der Waals surface area contributed by atoms with Crippen LogP contribution < -0.4 is 0 Å². The van der Waals surface area contributed by atoms with Crippen LogP contribution in [0.2, 0.25) is 0 Å². The predicted molar refractivity (Wildman–Crippen MR) is 87.8 cm³/mol. The van der Waals surface area contributed by atoms with Gasteiger partial charge in [-0.3, -0.25) is 0 Å². The molecule has 0 N–H and O–H groups in total. The molecule has 0 aliphatic carbocycles. The summed E-state index contributed by atoms with van der Waals surface area (Å²) in [6.07, 6.45) is 4.09. The van der Waals surface area contributed by atoms with Crippen LogP contribution in [0.3, 0.4) is 0 Å². The molecule has 0 radical (unpaired) electrons. The van der Waals surface area contributed by atoms with Crippen molar-refractivity contribution < 1.29 is 0 Å². The van der Waals surface area contributed by atoms with Crippen LogP contribution in [-0.4, -0.2) is 0 Å². The van der Waals surface area contributed by atoms with E-state index in [1.54, 1.807) is 0 Å². The summed E-state index contributed by atoms with van der Waals surface area (Å²) < 4.78 is 0. The van der Waals surface area contributed by atoms with Gasteiger partial charge >= 0.3 is 0 Å². The summed E-state index contributed by atoms with van der Waals surface area (Å²) in [4.78, 5) is 0. The number of hydrogen-bond acceptors (Lipinski definition) is 0. The molecule has 102 valence electrons. The smallest absolute Gasteiger partial charge is 0.0238 e. The van der Waals surface area contributed by atoms with Crippen molar-refractivity contribution in [2.24, 2.45) is 0 Å². The second-order valence-corrected chi connectivity index (χ2v) is 5.18. The average Bonchev–Trinajstić information content (AvgIpc) is 2.52. The Balaban J connectivity index is 1.76. The molecule has 2 rings (SSSR count). The SMILES string of the molecule is C=C(CCc1ccccc1)C(=C)CCc1ccccc1. The van der Waals surface area contributed by atoms with Crippen molar-refractivity contribution in [2.75, 3.05) is 0 Å². The molecule has 0 heteroatoms. The summed E-state index contributed by atoms with van der Waals surface area (Å²) in [7, 11) is 0. The summed E-state index contributed by atoms with van der Waals surface area (Å²) in [5, 5.41) is 0. The molecule has 2 aromatic carbocycles. The Hall–Kier alpha value is -2.08. The molecule has 0 amide bonds. The zero-order chi connectivity index (χ0) is 14.2. The van der Waals surface area contributed by atoms with E-state index in [1.807, 2.05) is 0 Å². The zero-order valence-electron chi connectivity index (χ0n) is 12.0. The number of allylic oxidation sites excluding steroid dienone is 2. The monoisotopic (exact) mass is 262 g/mol. The number of hydrogen-bond donors (Lipinski definition) is 0. The molecule has 2 aromatic rings. The van der Waals surface area contributed by atoms with Crippen molar-refractivity contribution in [3.05, 3.63) is 96.1 Å². The van der Waals surface area contributed by atoms with Crippen LogP contribution >= 0.6 is 0 Å². The van der Waals surface area contributed by atoms with Gasteiger partial charge in [0.2, 0.25) is 0 Å². The maximum absolute atomic E-state index is 4.18. The number of rotatable bonds is 7. The minimum absolute atomic E-state index is 0.998. The summed E-state index contributed by atoms with van der Waals surface area (Å²) >= 11 is 0. The Kier molecular flexibility index (Phi) is 5.37. The Bertz CT molecular complexity index is 496. The lowest BCUT2D eigenvalue weighted by atomic mass is 9.96. The van der Waals surface area contributed by atoms with Crippen molar-refractivity contribution in [1.82, 2.24) is 0 Å². The van der Waals surface area contributed by atoms with Gasteiger partial charge in [-0.1, -0.05) is 85.0 Å². The summed E-state index contributed by atoms with van der Waals surface area (Å²) in [5.41, 5.74) is 5.10. The molecule has 0 spiro atoms. The minimum Gasteiger partial charge on any atom is -0.0956 e. The Morgan fingerprint density at radius 2 is 0.950 bits per heavy atom. The summed E-state index contributed by atoms with van der Waals surface area (Å²) in [6, 6.07) is 21.1. The lowest BCUT2D eigenvalue weighted by molar-refractivity contribution is 0.892. The van der Waals surface area contributed by atoms with Crippen molar-refractivity contribution in [1.29, 1.82) is 0 Å². The van der Waals surface area contributed by atoms with Gasteiger partial charge in [-0.05, 0) is 36.8 Å². The van der Waals surface area contributed by atoms with Crippen LogP contribution in [0, 0.1) is 0 Å².